The standard InChI is InChI=1S/C11H19N4O3/c12-11(17)9-7-14(2-1-13-9)8-10(16)15-3-5-18-6-4-15/h9H,1-8H2,(H2,12,17). The Balaban J connectivity index is 1.81. The zero-order valence-corrected chi connectivity index (χ0v) is 10.4. The summed E-state index contributed by atoms with van der Waals surface area (Å²) in [7, 11) is 0. The molecule has 0 aromatic rings. The molecular weight excluding hydrogens is 236 g/mol. The smallest absolute Gasteiger partial charge is 0.237 e. The molecule has 7 heteroatoms. The number of nitrogens with zero attached hydrogens (tertiary/aromatic N) is 3. The number of ether oxygens (including phenoxy) is 1. The topological polar surface area (TPSA) is 90.0 Å². The summed E-state index contributed by atoms with van der Waals surface area (Å²) in [6.07, 6.45) is 0. The number of piperazine rings is 1. The van der Waals surface area contributed by atoms with Crippen LogP contribution < -0.4 is 11.1 Å². The number of hydrogen-bond acceptors (Lipinski definition) is 4. The van der Waals surface area contributed by atoms with Gasteiger partial charge in [-0.25, -0.2) is 5.32 Å². The van der Waals surface area contributed by atoms with Gasteiger partial charge in [0.05, 0.1) is 19.8 Å². The fraction of sp³-hybridized carbons (Fsp3) is 0.818. The van der Waals surface area contributed by atoms with Crippen LogP contribution in [0.2, 0.25) is 0 Å². The Morgan fingerprint density at radius 1 is 1.28 bits per heavy atom. The van der Waals surface area contributed by atoms with Gasteiger partial charge < -0.3 is 15.4 Å². The summed E-state index contributed by atoms with van der Waals surface area (Å²) in [6, 6.07) is -0.476. The van der Waals surface area contributed by atoms with E-state index >= 15 is 0 Å². The van der Waals surface area contributed by atoms with Crippen LogP contribution in [0.3, 0.4) is 0 Å². The summed E-state index contributed by atoms with van der Waals surface area (Å²) in [6.45, 7) is 4.55. The highest BCUT2D eigenvalue weighted by molar-refractivity contribution is 5.81. The van der Waals surface area contributed by atoms with E-state index in [1.54, 1.807) is 4.90 Å². The van der Waals surface area contributed by atoms with E-state index in [1.165, 1.54) is 0 Å². The molecule has 18 heavy (non-hydrogen) atoms. The largest absolute Gasteiger partial charge is 0.378 e. The summed E-state index contributed by atoms with van der Waals surface area (Å²) in [4.78, 5) is 26.8. The fourth-order valence-corrected chi connectivity index (χ4v) is 2.18. The maximum Gasteiger partial charge on any atom is 0.237 e. The van der Waals surface area contributed by atoms with Crippen LogP contribution in [0.5, 0.6) is 0 Å². The maximum atomic E-state index is 12.0. The van der Waals surface area contributed by atoms with Crippen LogP contribution in [0.15, 0.2) is 0 Å². The summed E-state index contributed by atoms with van der Waals surface area (Å²) >= 11 is 0. The van der Waals surface area contributed by atoms with E-state index in [1.807, 2.05) is 4.90 Å². The van der Waals surface area contributed by atoms with Gasteiger partial charge in [0.1, 0.15) is 6.04 Å². The van der Waals surface area contributed by atoms with Gasteiger partial charge in [-0.15, -0.1) is 0 Å². The number of carbonyl (C=O) groups excluding carboxylic acids is 2. The number of nitrogens with two attached hydrogens (primary N) is 1. The van der Waals surface area contributed by atoms with Crippen LogP contribution in [0.1, 0.15) is 0 Å². The molecule has 1 unspecified atom stereocenters. The highest BCUT2D eigenvalue weighted by Crippen LogP contribution is 2.03. The summed E-state index contributed by atoms with van der Waals surface area (Å²) in [5.41, 5.74) is 5.23. The number of morpholine rings is 1. The van der Waals surface area contributed by atoms with Crippen molar-refractivity contribution in [3.63, 3.8) is 0 Å². The Bertz CT molecular complexity index is 317. The highest BCUT2D eigenvalue weighted by Gasteiger charge is 2.27. The van der Waals surface area contributed by atoms with Gasteiger partial charge in [-0.2, -0.15) is 0 Å². The minimum Gasteiger partial charge on any atom is -0.378 e. The number of rotatable bonds is 3. The first kappa shape index (κ1) is 13.3. The molecule has 2 rings (SSSR count). The Labute approximate surface area is 106 Å². The fourth-order valence-electron chi connectivity index (χ4n) is 2.18. The lowest BCUT2D eigenvalue weighted by atomic mass is 10.2. The summed E-state index contributed by atoms with van der Waals surface area (Å²) < 4.78 is 5.20. The van der Waals surface area contributed by atoms with E-state index in [2.05, 4.69) is 5.32 Å². The molecule has 2 saturated heterocycles. The SMILES string of the molecule is NC(=O)C1CN(CC(=O)N2CCOCC2)CC[N]1. The molecule has 2 heterocycles. The van der Waals surface area contributed by atoms with Crippen LogP contribution >= 0.6 is 0 Å². The van der Waals surface area contributed by atoms with Gasteiger partial charge >= 0.3 is 0 Å². The van der Waals surface area contributed by atoms with Crippen molar-refractivity contribution >= 4 is 11.8 Å². The van der Waals surface area contributed by atoms with Crippen molar-refractivity contribution in [1.82, 2.24) is 15.1 Å². The summed E-state index contributed by atoms with van der Waals surface area (Å²) in [5, 5.41) is 4.14. The first-order valence-electron chi connectivity index (χ1n) is 6.20. The molecule has 2 amide bonds. The molecular formula is C11H19N4O3. The van der Waals surface area contributed by atoms with Crippen LogP contribution in [0, 0.1) is 0 Å². The van der Waals surface area contributed by atoms with E-state index in [9.17, 15) is 9.59 Å². The van der Waals surface area contributed by atoms with Gasteiger partial charge in [0.2, 0.25) is 11.8 Å². The average Bonchev–Trinajstić information content (AvgIpc) is 2.40. The van der Waals surface area contributed by atoms with Crippen LogP contribution in [-0.2, 0) is 14.3 Å². The van der Waals surface area contributed by atoms with Crippen LogP contribution in [0.25, 0.3) is 0 Å². The minimum atomic E-state index is -0.476. The van der Waals surface area contributed by atoms with Gasteiger partial charge in [0, 0.05) is 32.7 Å². The van der Waals surface area contributed by atoms with Gasteiger partial charge in [0.25, 0.3) is 0 Å². The first-order valence-corrected chi connectivity index (χ1v) is 6.20. The highest BCUT2D eigenvalue weighted by atomic mass is 16.5. The van der Waals surface area contributed by atoms with Crippen molar-refractivity contribution in [2.24, 2.45) is 5.73 Å². The predicted molar refractivity (Wildman–Crippen MR) is 63.8 cm³/mol. The maximum absolute atomic E-state index is 12.0. The zero-order chi connectivity index (χ0) is 13.0. The number of primary amides is 1. The molecule has 101 valence electrons. The lowest BCUT2D eigenvalue weighted by Gasteiger charge is -2.33. The van der Waals surface area contributed by atoms with Gasteiger partial charge in [-0.1, -0.05) is 0 Å². The molecule has 2 fully saturated rings. The molecule has 0 aromatic heterocycles. The molecule has 0 bridgehead atoms. The lowest BCUT2D eigenvalue weighted by molar-refractivity contribution is -0.137. The van der Waals surface area contributed by atoms with Crippen LogP contribution in [0.4, 0.5) is 0 Å². The molecule has 0 saturated carbocycles. The molecule has 1 radical (unpaired) electrons. The third-order valence-corrected chi connectivity index (χ3v) is 3.25. The second-order valence-corrected chi connectivity index (χ2v) is 4.55. The van der Waals surface area contributed by atoms with Crippen LogP contribution in [-0.4, -0.2) is 80.1 Å². The predicted octanol–water partition coefficient (Wildman–Crippen LogP) is -2.38. The monoisotopic (exact) mass is 255 g/mol. The van der Waals surface area contributed by atoms with Crippen molar-refractivity contribution in [3.8, 4) is 0 Å². The molecule has 2 aliphatic rings. The molecule has 0 aromatic carbocycles. The van der Waals surface area contributed by atoms with Gasteiger partial charge in [-0.05, 0) is 0 Å². The Kier molecular flexibility index (Phi) is 4.51. The van der Waals surface area contributed by atoms with Crippen molar-refractivity contribution in [3.05, 3.63) is 0 Å². The van der Waals surface area contributed by atoms with Crippen molar-refractivity contribution in [2.75, 3.05) is 52.5 Å². The second-order valence-electron chi connectivity index (χ2n) is 4.55. The lowest BCUT2D eigenvalue weighted by Crippen LogP contribution is -2.55. The first-order chi connectivity index (χ1) is 8.66. The quantitative estimate of drug-likeness (QED) is 0.610. The van der Waals surface area contributed by atoms with E-state index in [0.29, 0.717) is 52.5 Å². The zero-order valence-electron chi connectivity index (χ0n) is 10.4. The number of carbonyl (C=O) groups is 2. The second kappa shape index (κ2) is 6.12. The molecule has 7 nitrogen and oxygen atoms in total. The molecule has 2 aliphatic heterocycles. The third-order valence-electron chi connectivity index (χ3n) is 3.25. The Morgan fingerprint density at radius 2 is 2.00 bits per heavy atom. The van der Waals surface area contributed by atoms with E-state index in [-0.39, 0.29) is 5.91 Å². The summed E-state index contributed by atoms with van der Waals surface area (Å²) in [5.74, 6) is -0.332. The van der Waals surface area contributed by atoms with Gasteiger partial charge in [-0.3, -0.25) is 14.5 Å². The number of amides is 2. The Hall–Kier alpha value is -1.18. The van der Waals surface area contributed by atoms with E-state index in [4.69, 9.17) is 10.5 Å². The molecule has 1 atom stereocenters. The molecule has 2 N–H and O–H groups in total. The minimum absolute atomic E-state index is 0.0865. The van der Waals surface area contributed by atoms with Crippen molar-refractivity contribution in [2.45, 2.75) is 6.04 Å². The van der Waals surface area contributed by atoms with Gasteiger partial charge in [0.15, 0.2) is 0 Å². The normalized spacial score (nSPS) is 26.0. The molecule has 0 spiro atoms. The molecule has 0 aliphatic carbocycles. The third kappa shape index (κ3) is 3.41. The Morgan fingerprint density at radius 3 is 2.67 bits per heavy atom. The number of hydrogen-bond donors (Lipinski definition) is 1. The van der Waals surface area contributed by atoms with E-state index < -0.39 is 11.9 Å². The van der Waals surface area contributed by atoms with Crippen molar-refractivity contribution in [1.29, 1.82) is 0 Å². The average molecular weight is 255 g/mol. The van der Waals surface area contributed by atoms with E-state index in [0.717, 1.165) is 0 Å². The van der Waals surface area contributed by atoms with Crippen molar-refractivity contribution < 1.29 is 14.3 Å².